The molecule has 1 rings (SSSR count). The first-order valence-corrected chi connectivity index (χ1v) is 7.48. The van der Waals surface area contributed by atoms with E-state index in [1.807, 2.05) is 0 Å². The second kappa shape index (κ2) is 6.79. The average Bonchev–Trinajstić information content (AvgIpc) is 2.75. The van der Waals surface area contributed by atoms with Gasteiger partial charge in [0.25, 0.3) is 0 Å². The van der Waals surface area contributed by atoms with Crippen LogP contribution in [0.5, 0.6) is 0 Å². The van der Waals surface area contributed by atoms with Gasteiger partial charge in [-0.2, -0.15) is 0 Å². The number of ether oxygens (including phenoxy) is 1. The third-order valence-electron chi connectivity index (χ3n) is 3.02. The zero-order valence-corrected chi connectivity index (χ0v) is 13.4. The van der Waals surface area contributed by atoms with Crippen molar-refractivity contribution < 1.29 is 9.84 Å². The predicted molar refractivity (Wildman–Crippen MR) is 79.6 cm³/mol. The van der Waals surface area contributed by atoms with E-state index in [0.717, 1.165) is 10.7 Å². The van der Waals surface area contributed by atoms with Crippen molar-refractivity contribution in [2.75, 3.05) is 20.3 Å². The summed E-state index contributed by atoms with van der Waals surface area (Å²) in [5, 5.41) is 15.8. The molecule has 0 aliphatic carbocycles. The number of nitrogens with one attached hydrogen (secondary N) is 1. The summed E-state index contributed by atoms with van der Waals surface area (Å²) in [5.41, 5.74) is 0.939. The minimum atomic E-state index is -0.213. The smallest absolute Gasteiger partial charge is 0.0982 e. The fourth-order valence-corrected chi connectivity index (χ4v) is 2.72. The number of aliphatic hydroxyl groups is 1. The molecule has 1 heterocycles. The second-order valence-electron chi connectivity index (χ2n) is 6.21. The quantitative estimate of drug-likeness (QED) is 0.807. The van der Waals surface area contributed by atoms with Gasteiger partial charge in [-0.15, -0.1) is 11.3 Å². The van der Waals surface area contributed by atoms with Gasteiger partial charge >= 0.3 is 0 Å². The summed E-state index contributed by atoms with van der Waals surface area (Å²) >= 11 is 1.70. The van der Waals surface area contributed by atoms with Crippen LogP contribution in [-0.2, 0) is 16.7 Å². The Bertz CT molecular complexity index is 379. The topological polar surface area (TPSA) is 54.4 Å². The molecule has 1 unspecified atom stereocenters. The standard InChI is InChI=1S/C14H26N2O2S/c1-13(2,3)12-16-11(9-19-12)8-15-14(4,6-7-17)10-18-5/h9,15,17H,6-8,10H2,1-5H3. The van der Waals surface area contributed by atoms with Crippen LogP contribution in [0.15, 0.2) is 5.38 Å². The summed E-state index contributed by atoms with van der Waals surface area (Å²) in [6.07, 6.45) is 0.664. The Morgan fingerprint density at radius 1 is 1.37 bits per heavy atom. The largest absolute Gasteiger partial charge is 0.396 e. The molecule has 0 amide bonds. The van der Waals surface area contributed by atoms with Gasteiger partial charge in [0.1, 0.15) is 0 Å². The number of hydrogen-bond donors (Lipinski definition) is 2. The van der Waals surface area contributed by atoms with Gasteiger partial charge in [-0.05, 0) is 13.3 Å². The van der Waals surface area contributed by atoms with Crippen LogP contribution in [0.25, 0.3) is 0 Å². The van der Waals surface area contributed by atoms with Crippen molar-refractivity contribution in [1.82, 2.24) is 10.3 Å². The lowest BCUT2D eigenvalue weighted by atomic mass is 9.98. The zero-order chi connectivity index (χ0) is 14.5. The highest BCUT2D eigenvalue weighted by molar-refractivity contribution is 7.09. The minimum absolute atomic E-state index is 0.101. The van der Waals surface area contributed by atoms with E-state index >= 15 is 0 Å². The monoisotopic (exact) mass is 286 g/mol. The fraction of sp³-hybridized carbons (Fsp3) is 0.786. The van der Waals surface area contributed by atoms with Crippen molar-refractivity contribution in [3.8, 4) is 0 Å². The van der Waals surface area contributed by atoms with Crippen LogP contribution in [-0.4, -0.2) is 36.0 Å². The molecule has 4 nitrogen and oxygen atoms in total. The van der Waals surface area contributed by atoms with E-state index in [-0.39, 0.29) is 17.6 Å². The molecule has 5 heteroatoms. The average molecular weight is 286 g/mol. The first kappa shape index (κ1) is 16.6. The number of rotatable bonds is 7. The van der Waals surface area contributed by atoms with Crippen molar-refractivity contribution in [1.29, 1.82) is 0 Å². The van der Waals surface area contributed by atoms with Crippen LogP contribution >= 0.6 is 11.3 Å². The molecule has 1 aromatic rings. The molecule has 110 valence electrons. The maximum Gasteiger partial charge on any atom is 0.0982 e. The molecule has 19 heavy (non-hydrogen) atoms. The Labute approximate surface area is 120 Å². The number of methoxy groups -OCH3 is 1. The molecule has 1 aromatic heterocycles. The van der Waals surface area contributed by atoms with Gasteiger partial charge < -0.3 is 15.2 Å². The van der Waals surface area contributed by atoms with Gasteiger partial charge in [0.15, 0.2) is 0 Å². The van der Waals surface area contributed by atoms with Crippen LogP contribution in [0.4, 0.5) is 0 Å². The van der Waals surface area contributed by atoms with Crippen molar-refractivity contribution in [2.24, 2.45) is 0 Å². The second-order valence-corrected chi connectivity index (χ2v) is 7.07. The van der Waals surface area contributed by atoms with E-state index in [2.05, 4.69) is 43.4 Å². The lowest BCUT2D eigenvalue weighted by Gasteiger charge is -2.29. The molecule has 0 aromatic carbocycles. The van der Waals surface area contributed by atoms with Gasteiger partial charge in [-0.25, -0.2) is 4.98 Å². The molecule has 2 N–H and O–H groups in total. The summed E-state index contributed by atoms with van der Waals surface area (Å²) in [5.74, 6) is 0. The Balaban J connectivity index is 2.62. The maximum atomic E-state index is 9.13. The predicted octanol–water partition coefficient (Wildman–Crippen LogP) is 2.32. The summed E-state index contributed by atoms with van der Waals surface area (Å²) in [6.45, 7) is 9.99. The molecule has 0 radical (unpaired) electrons. The molecular formula is C14H26N2O2S. The summed E-state index contributed by atoms with van der Waals surface area (Å²) in [4.78, 5) is 4.66. The number of thiazole rings is 1. The summed E-state index contributed by atoms with van der Waals surface area (Å²) in [6, 6.07) is 0. The lowest BCUT2D eigenvalue weighted by Crippen LogP contribution is -2.46. The van der Waals surface area contributed by atoms with E-state index in [1.54, 1.807) is 18.4 Å². The van der Waals surface area contributed by atoms with Gasteiger partial charge in [-0.3, -0.25) is 0 Å². The van der Waals surface area contributed by atoms with Crippen LogP contribution in [0, 0.1) is 0 Å². The SMILES string of the molecule is COCC(C)(CCO)NCc1csc(C(C)(C)C)n1. The Kier molecular flexibility index (Phi) is 5.92. The van der Waals surface area contributed by atoms with E-state index in [0.29, 0.717) is 19.6 Å². The summed E-state index contributed by atoms with van der Waals surface area (Å²) < 4.78 is 5.22. The number of aliphatic hydroxyl groups excluding tert-OH is 1. The molecular weight excluding hydrogens is 260 g/mol. The molecule has 0 fully saturated rings. The molecule has 0 spiro atoms. The normalized spacial score (nSPS) is 15.5. The van der Waals surface area contributed by atoms with Crippen molar-refractivity contribution >= 4 is 11.3 Å². The Morgan fingerprint density at radius 2 is 2.05 bits per heavy atom. The fourth-order valence-electron chi connectivity index (χ4n) is 1.81. The highest BCUT2D eigenvalue weighted by Gasteiger charge is 2.24. The minimum Gasteiger partial charge on any atom is -0.396 e. The van der Waals surface area contributed by atoms with Crippen LogP contribution in [0.2, 0.25) is 0 Å². The molecule has 0 aliphatic heterocycles. The Hall–Kier alpha value is -0.490. The summed E-state index contributed by atoms with van der Waals surface area (Å²) in [7, 11) is 1.68. The van der Waals surface area contributed by atoms with E-state index in [9.17, 15) is 0 Å². The lowest BCUT2D eigenvalue weighted by molar-refractivity contribution is 0.0967. The number of aromatic nitrogens is 1. The molecule has 1 atom stereocenters. The van der Waals surface area contributed by atoms with Gasteiger partial charge in [0.05, 0.1) is 17.3 Å². The Morgan fingerprint density at radius 3 is 2.53 bits per heavy atom. The third-order valence-corrected chi connectivity index (χ3v) is 4.33. The van der Waals surface area contributed by atoms with Crippen molar-refractivity contribution in [3.05, 3.63) is 16.1 Å². The highest BCUT2D eigenvalue weighted by Crippen LogP contribution is 2.25. The highest BCUT2D eigenvalue weighted by atomic mass is 32.1. The molecule has 0 saturated carbocycles. The third kappa shape index (κ3) is 5.18. The number of hydrogen-bond acceptors (Lipinski definition) is 5. The van der Waals surface area contributed by atoms with Gasteiger partial charge in [0, 0.05) is 36.6 Å². The van der Waals surface area contributed by atoms with E-state index < -0.39 is 0 Å². The zero-order valence-electron chi connectivity index (χ0n) is 12.6. The van der Waals surface area contributed by atoms with Crippen molar-refractivity contribution in [2.45, 2.75) is 51.6 Å². The maximum absolute atomic E-state index is 9.13. The van der Waals surface area contributed by atoms with E-state index in [4.69, 9.17) is 9.84 Å². The molecule has 0 bridgehead atoms. The molecule has 0 aliphatic rings. The van der Waals surface area contributed by atoms with Crippen LogP contribution < -0.4 is 5.32 Å². The van der Waals surface area contributed by atoms with E-state index in [1.165, 1.54) is 0 Å². The van der Waals surface area contributed by atoms with Crippen LogP contribution in [0.3, 0.4) is 0 Å². The first-order valence-electron chi connectivity index (χ1n) is 6.60. The van der Waals surface area contributed by atoms with Gasteiger partial charge in [-0.1, -0.05) is 20.8 Å². The van der Waals surface area contributed by atoms with Crippen molar-refractivity contribution in [3.63, 3.8) is 0 Å². The number of nitrogens with zero attached hydrogens (tertiary/aromatic N) is 1. The van der Waals surface area contributed by atoms with Crippen LogP contribution in [0.1, 0.15) is 44.8 Å². The first-order chi connectivity index (χ1) is 8.80. The molecule has 0 saturated heterocycles. The van der Waals surface area contributed by atoms with Gasteiger partial charge in [0.2, 0.25) is 0 Å².